The third-order valence-electron chi connectivity index (χ3n) is 5.11. The number of nitrogens with zero attached hydrogens (tertiary/aromatic N) is 1. The van der Waals surface area contributed by atoms with Crippen molar-refractivity contribution in [1.29, 1.82) is 0 Å². The zero-order valence-electron chi connectivity index (χ0n) is 17.0. The molecule has 0 radical (unpaired) electrons. The molecule has 0 aromatic heterocycles. The molecule has 5 atom stereocenters. The van der Waals surface area contributed by atoms with Crippen molar-refractivity contribution in [2.24, 2.45) is 17.4 Å². The Bertz CT molecular complexity index is 655. The molecule has 11 heteroatoms. The maximum Gasteiger partial charge on any atom is 0.326 e. The highest BCUT2D eigenvalue weighted by Crippen LogP contribution is 2.19. The maximum atomic E-state index is 12.6. The van der Waals surface area contributed by atoms with Crippen LogP contribution in [-0.4, -0.2) is 70.3 Å². The Hall–Kier alpha value is -2.69. The quantitative estimate of drug-likeness (QED) is 0.282. The van der Waals surface area contributed by atoms with Gasteiger partial charge in [-0.2, -0.15) is 0 Å². The molecule has 4 amide bonds. The number of carbonyl (C=O) groups is 5. The van der Waals surface area contributed by atoms with E-state index in [0.717, 1.165) is 0 Å². The molecule has 7 N–H and O–H groups in total. The number of amides is 4. The molecule has 5 unspecified atom stereocenters. The van der Waals surface area contributed by atoms with Crippen LogP contribution in [0.2, 0.25) is 0 Å². The van der Waals surface area contributed by atoms with E-state index in [2.05, 4.69) is 10.6 Å². The smallest absolute Gasteiger partial charge is 0.326 e. The summed E-state index contributed by atoms with van der Waals surface area (Å²) < 4.78 is 0. The average Bonchev–Trinajstić information content (AvgIpc) is 3.13. The van der Waals surface area contributed by atoms with Gasteiger partial charge in [-0.1, -0.05) is 20.3 Å². The van der Waals surface area contributed by atoms with E-state index >= 15 is 0 Å². The van der Waals surface area contributed by atoms with Gasteiger partial charge in [0.15, 0.2) is 0 Å². The first kappa shape index (κ1) is 24.3. The lowest BCUT2D eigenvalue weighted by atomic mass is 9.99. The molecule has 1 heterocycles. The van der Waals surface area contributed by atoms with Gasteiger partial charge in [0.2, 0.25) is 23.6 Å². The van der Waals surface area contributed by atoms with Gasteiger partial charge in [-0.25, -0.2) is 4.79 Å². The molecule has 1 rings (SSSR count). The first-order valence-electron chi connectivity index (χ1n) is 9.67. The first-order valence-corrected chi connectivity index (χ1v) is 9.67. The van der Waals surface area contributed by atoms with Gasteiger partial charge in [0.05, 0.1) is 12.5 Å². The summed E-state index contributed by atoms with van der Waals surface area (Å²) in [6.07, 6.45) is 1.19. The molecule has 0 bridgehead atoms. The molecule has 0 aromatic carbocycles. The SMILES string of the molecule is CCC(C)C(NC(=O)C(C)NC(=O)C1CCCN1C(=O)C(N)CC(N)=O)C(=O)O. The number of carboxylic acid groups (broad SMARTS) is 1. The van der Waals surface area contributed by atoms with E-state index in [1.54, 1.807) is 6.92 Å². The van der Waals surface area contributed by atoms with Gasteiger partial charge in [-0.3, -0.25) is 19.2 Å². The molecule has 0 aliphatic carbocycles. The minimum absolute atomic E-state index is 0.283. The van der Waals surface area contributed by atoms with Crippen LogP contribution in [0.25, 0.3) is 0 Å². The predicted octanol–water partition coefficient (Wildman–Crippen LogP) is -1.70. The molecule has 1 fully saturated rings. The van der Waals surface area contributed by atoms with E-state index in [1.807, 2.05) is 6.92 Å². The normalized spacial score (nSPS) is 20.3. The molecule has 11 nitrogen and oxygen atoms in total. The van der Waals surface area contributed by atoms with E-state index in [1.165, 1.54) is 11.8 Å². The van der Waals surface area contributed by atoms with E-state index < -0.39 is 53.8 Å². The summed E-state index contributed by atoms with van der Waals surface area (Å²) in [5, 5.41) is 14.2. The number of primary amides is 1. The summed E-state index contributed by atoms with van der Waals surface area (Å²) in [6.45, 7) is 5.26. The highest BCUT2D eigenvalue weighted by molar-refractivity contribution is 5.95. The van der Waals surface area contributed by atoms with Gasteiger partial charge in [-0.05, 0) is 25.7 Å². The van der Waals surface area contributed by atoms with Crippen LogP contribution < -0.4 is 22.1 Å². The Morgan fingerprint density at radius 1 is 1.17 bits per heavy atom. The zero-order chi connectivity index (χ0) is 22.3. The van der Waals surface area contributed by atoms with Gasteiger partial charge in [-0.15, -0.1) is 0 Å². The number of aliphatic carboxylic acids is 1. The van der Waals surface area contributed by atoms with E-state index in [-0.39, 0.29) is 12.3 Å². The molecule has 1 aliphatic rings. The first-order chi connectivity index (χ1) is 13.5. The van der Waals surface area contributed by atoms with Gasteiger partial charge in [0.25, 0.3) is 0 Å². The fourth-order valence-corrected chi connectivity index (χ4v) is 3.16. The van der Waals surface area contributed by atoms with Crippen molar-refractivity contribution in [3.05, 3.63) is 0 Å². The van der Waals surface area contributed by atoms with Crippen molar-refractivity contribution in [1.82, 2.24) is 15.5 Å². The Labute approximate surface area is 169 Å². The fraction of sp³-hybridized carbons (Fsp3) is 0.722. The average molecular weight is 413 g/mol. The minimum atomic E-state index is -1.15. The number of nitrogens with one attached hydrogen (secondary N) is 2. The van der Waals surface area contributed by atoms with Crippen LogP contribution >= 0.6 is 0 Å². The maximum absolute atomic E-state index is 12.6. The summed E-state index contributed by atoms with van der Waals surface area (Å²) in [7, 11) is 0. The van der Waals surface area contributed by atoms with Gasteiger partial charge in [0, 0.05) is 6.54 Å². The Kier molecular flexibility index (Phi) is 9.02. The molecule has 29 heavy (non-hydrogen) atoms. The second kappa shape index (κ2) is 10.7. The largest absolute Gasteiger partial charge is 0.480 e. The Morgan fingerprint density at radius 3 is 2.31 bits per heavy atom. The topological polar surface area (TPSA) is 185 Å². The third kappa shape index (κ3) is 6.70. The van der Waals surface area contributed by atoms with Gasteiger partial charge >= 0.3 is 5.97 Å². The highest BCUT2D eigenvalue weighted by Gasteiger charge is 2.37. The highest BCUT2D eigenvalue weighted by atomic mass is 16.4. The van der Waals surface area contributed by atoms with Crippen molar-refractivity contribution < 1.29 is 29.1 Å². The second-order valence-electron chi connectivity index (χ2n) is 7.41. The molecular weight excluding hydrogens is 382 g/mol. The number of carbonyl (C=O) groups excluding carboxylic acids is 4. The van der Waals surface area contributed by atoms with E-state index in [9.17, 15) is 29.1 Å². The van der Waals surface area contributed by atoms with Crippen LogP contribution in [0.4, 0.5) is 0 Å². The molecule has 1 saturated heterocycles. The monoisotopic (exact) mass is 413 g/mol. The van der Waals surface area contributed by atoms with Crippen molar-refractivity contribution >= 4 is 29.6 Å². The lowest BCUT2D eigenvalue weighted by Crippen LogP contribution is -2.56. The molecular formula is C18H31N5O6. The number of hydrogen-bond acceptors (Lipinski definition) is 6. The lowest BCUT2D eigenvalue weighted by molar-refractivity contribution is -0.144. The summed E-state index contributed by atoms with van der Waals surface area (Å²) in [6, 6.07) is -4.01. The third-order valence-corrected chi connectivity index (χ3v) is 5.11. The summed E-state index contributed by atoms with van der Waals surface area (Å²) >= 11 is 0. The van der Waals surface area contributed by atoms with Crippen LogP contribution in [0.1, 0.15) is 46.5 Å². The molecule has 0 saturated carbocycles. The fourth-order valence-electron chi connectivity index (χ4n) is 3.16. The Balaban J connectivity index is 2.73. The van der Waals surface area contributed by atoms with Crippen LogP contribution in [0.5, 0.6) is 0 Å². The summed E-state index contributed by atoms with van der Waals surface area (Å²) in [5.41, 5.74) is 10.8. The van der Waals surface area contributed by atoms with Crippen molar-refractivity contribution in [2.45, 2.75) is 70.6 Å². The molecule has 164 valence electrons. The van der Waals surface area contributed by atoms with Crippen LogP contribution in [0.15, 0.2) is 0 Å². The predicted molar refractivity (Wildman–Crippen MR) is 103 cm³/mol. The van der Waals surface area contributed by atoms with Crippen molar-refractivity contribution in [3.8, 4) is 0 Å². The van der Waals surface area contributed by atoms with E-state index in [4.69, 9.17) is 11.5 Å². The lowest BCUT2D eigenvalue weighted by Gasteiger charge is -2.28. The number of nitrogens with two attached hydrogens (primary N) is 2. The molecule has 0 aromatic rings. The van der Waals surface area contributed by atoms with Gasteiger partial charge in [0.1, 0.15) is 18.1 Å². The van der Waals surface area contributed by atoms with E-state index in [0.29, 0.717) is 25.8 Å². The standard InChI is InChI=1S/C18H31N5O6/c1-4-9(2)14(18(28)29)22-15(25)10(3)21-16(26)12-6-5-7-23(12)17(27)11(19)8-13(20)24/h9-12,14H,4-8,19H2,1-3H3,(H2,20,24)(H,21,26)(H,22,25)(H,28,29). The summed E-state index contributed by atoms with van der Waals surface area (Å²) in [4.78, 5) is 61.0. The zero-order valence-corrected chi connectivity index (χ0v) is 17.0. The summed E-state index contributed by atoms with van der Waals surface area (Å²) in [5.74, 6) is -3.88. The van der Waals surface area contributed by atoms with Gasteiger partial charge < -0.3 is 32.1 Å². The van der Waals surface area contributed by atoms with Crippen LogP contribution in [0, 0.1) is 5.92 Å². The Morgan fingerprint density at radius 2 is 1.79 bits per heavy atom. The molecule has 0 spiro atoms. The number of carboxylic acids is 1. The van der Waals surface area contributed by atoms with Crippen LogP contribution in [0.3, 0.4) is 0 Å². The van der Waals surface area contributed by atoms with Crippen molar-refractivity contribution in [3.63, 3.8) is 0 Å². The minimum Gasteiger partial charge on any atom is -0.480 e. The number of rotatable bonds is 10. The van der Waals surface area contributed by atoms with Crippen LogP contribution in [-0.2, 0) is 24.0 Å². The molecule has 1 aliphatic heterocycles. The number of hydrogen-bond donors (Lipinski definition) is 5. The second-order valence-corrected chi connectivity index (χ2v) is 7.41. The number of likely N-dealkylation sites (tertiary alicyclic amines) is 1. The van der Waals surface area contributed by atoms with Crippen molar-refractivity contribution in [2.75, 3.05) is 6.54 Å².